The van der Waals surface area contributed by atoms with Gasteiger partial charge in [-0.05, 0) is 59.5 Å². The number of nitrogens with zero attached hydrogens (tertiary/aromatic N) is 4. The van der Waals surface area contributed by atoms with Gasteiger partial charge in [0.15, 0.2) is 0 Å². The van der Waals surface area contributed by atoms with E-state index in [2.05, 4.69) is 27.0 Å². The third kappa shape index (κ3) is 6.37. The highest BCUT2D eigenvalue weighted by molar-refractivity contribution is 6.28. The summed E-state index contributed by atoms with van der Waals surface area (Å²) in [6.45, 7) is 6.24. The molecule has 0 bridgehead atoms. The van der Waals surface area contributed by atoms with E-state index < -0.39 is 0 Å². The van der Waals surface area contributed by atoms with Crippen molar-refractivity contribution in [2.24, 2.45) is 0 Å². The van der Waals surface area contributed by atoms with Gasteiger partial charge in [0.05, 0.1) is 31.0 Å². The molecule has 1 aliphatic rings. The molecule has 0 radical (unpaired) electrons. The number of aromatic hydroxyl groups is 2. The number of halogens is 1. The number of phenolic OH excluding ortho intramolecular Hbond substituents is 2. The van der Waals surface area contributed by atoms with E-state index in [1.54, 1.807) is 11.1 Å². The summed E-state index contributed by atoms with van der Waals surface area (Å²) in [6, 6.07) is 19.6. The zero-order chi connectivity index (χ0) is 27.4. The second-order valence-electron chi connectivity index (χ2n) is 9.52. The van der Waals surface area contributed by atoms with Gasteiger partial charge >= 0.3 is 0 Å². The Labute approximate surface area is 232 Å². The highest BCUT2D eigenvalue weighted by Gasteiger charge is 2.22. The Morgan fingerprint density at radius 2 is 1.77 bits per heavy atom. The number of amides is 1. The van der Waals surface area contributed by atoms with Crippen molar-refractivity contribution in [3.8, 4) is 22.8 Å². The van der Waals surface area contributed by atoms with E-state index in [4.69, 9.17) is 16.3 Å². The van der Waals surface area contributed by atoms with Crippen LogP contribution >= 0.6 is 11.6 Å². The molecule has 3 aromatic carbocycles. The van der Waals surface area contributed by atoms with Gasteiger partial charge in [0.1, 0.15) is 11.5 Å². The lowest BCUT2D eigenvalue weighted by atomic mass is 10.1. The molecule has 1 aliphatic heterocycles. The highest BCUT2D eigenvalue weighted by atomic mass is 35.5. The first kappa shape index (κ1) is 26.6. The van der Waals surface area contributed by atoms with Crippen LogP contribution in [-0.2, 0) is 17.8 Å². The van der Waals surface area contributed by atoms with Crippen LogP contribution in [0.15, 0.2) is 72.9 Å². The lowest BCUT2D eigenvalue weighted by Gasteiger charge is -2.27. The summed E-state index contributed by atoms with van der Waals surface area (Å²) < 4.78 is 5.46. The Kier molecular flexibility index (Phi) is 8.07. The lowest BCUT2D eigenvalue weighted by Crippen LogP contribution is -2.35. The Morgan fingerprint density at radius 1 is 1.03 bits per heavy atom. The summed E-state index contributed by atoms with van der Waals surface area (Å²) >= 11 is 6.02. The lowest BCUT2D eigenvalue weighted by molar-refractivity contribution is 0.0342. The first-order valence-corrected chi connectivity index (χ1v) is 13.1. The molecule has 1 saturated heterocycles. The van der Waals surface area contributed by atoms with Crippen molar-refractivity contribution in [3.05, 3.63) is 100 Å². The molecule has 0 unspecified atom stereocenters. The molecule has 200 valence electrons. The molecule has 1 aromatic heterocycles. The van der Waals surface area contributed by atoms with Crippen LogP contribution in [0.4, 0.5) is 5.69 Å². The van der Waals surface area contributed by atoms with Gasteiger partial charge in [0.25, 0.3) is 5.91 Å². The SMILES string of the molecule is Cc1cnc(Cl)nc1-c1ccc(N(Cc2cccc(CN3CCOCC3)c2)C(=O)c2ccc(O)cc2O)cc1. The maximum atomic E-state index is 13.8. The number of hydrogen-bond donors (Lipinski definition) is 2. The minimum Gasteiger partial charge on any atom is -0.508 e. The van der Waals surface area contributed by atoms with E-state index in [0.29, 0.717) is 11.4 Å². The Morgan fingerprint density at radius 3 is 2.51 bits per heavy atom. The molecule has 1 fully saturated rings. The number of morpholine rings is 1. The fourth-order valence-electron chi connectivity index (χ4n) is 4.67. The normalized spacial score (nSPS) is 13.8. The number of carbonyl (C=O) groups excluding carboxylic acids is 1. The molecule has 2 N–H and O–H groups in total. The van der Waals surface area contributed by atoms with Gasteiger partial charge in [-0.1, -0.05) is 36.4 Å². The minimum absolute atomic E-state index is 0.0970. The van der Waals surface area contributed by atoms with Gasteiger partial charge in [-0.25, -0.2) is 9.97 Å². The Bertz CT molecular complexity index is 1470. The largest absolute Gasteiger partial charge is 0.508 e. The average Bonchev–Trinajstić information content (AvgIpc) is 2.94. The zero-order valence-electron chi connectivity index (χ0n) is 21.5. The van der Waals surface area contributed by atoms with E-state index in [9.17, 15) is 15.0 Å². The number of ether oxygens (including phenoxy) is 1. The van der Waals surface area contributed by atoms with Gasteiger partial charge < -0.3 is 19.8 Å². The molecule has 9 heteroatoms. The number of phenols is 2. The maximum absolute atomic E-state index is 13.8. The molecule has 4 aromatic rings. The van der Waals surface area contributed by atoms with Gasteiger partial charge in [-0.15, -0.1) is 0 Å². The smallest absolute Gasteiger partial charge is 0.262 e. The van der Waals surface area contributed by atoms with E-state index in [0.717, 1.165) is 55.1 Å². The van der Waals surface area contributed by atoms with E-state index in [-0.39, 0.29) is 34.8 Å². The molecule has 5 rings (SSSR count). The Balaban J connectivity index is 1.46. The second kappa shape index (κ2) is 11.8. The van der Waals surface area contributed by atoms with Gasteiger partial charge in [-0.3, -0.25) is 9.69 Å². The quantitative estimate of drug-likeness (QED) is 0.309. The summed E-state index contributed by atoms with van der Waals surface area (Å²) in [7, 11) is 0. The molecule has 0 aliphatic carbocycles. The van der Waals surface area contributed by atoms with Crippen LogP contribution in [-0.4, -0.2) is 57.3 Å². The summed E-state index contributed by atoms with van der Waals surface area (Å²) in [4.78, 5) is 26.1. The van der Waals surface area contributed by atoms with Crippen molar-refractivity contribution in [3.63, 3.8) is 0 Å². The monoisotopic (exact) mass is 544 g/mol. The summed E-state index contributed by atoms with van der Waals surface area (Å²) in [5.41, 5.74) is 5.29. The number of aryl methyl sites for hydroxylation is 1. The van der Waals surface area contributed by atoms with Gasteiger partial charge in [-0.2, -0.15) is 0 Å². The third-order valence-electron chi connectivity index (χ3n) is 6.69. The van der Waals surface area contributed by atoms with Crippen LogP contribution < -0.4 is 4.90 Å². The molecule has 1 amide bonds. The molecule has 0 saturated carbocycles. The van der Waals surface area contributed by atoms with Crippen LogP contribution in [0.1, 0.15) is 27.0 Å². The average molecular weight is 545 g/mol. The van der Waals surface area contributed by atoms with Crippen LogP contribution in [0.5, 0.6) is 11.5 Å². The van der Waals surface area contributed by atoms with Crippen LogP contribution in [0.3, 0.4) is 0 Å². The fraction of sp³-hybridized carbons (Fsp3) is 0.233. The maximum Gasteiger partial charge on any atom is 0.262 e. The van der Waals surface area contributed by atoms with E-state index >= 15 is 0 Å². The highest BCUT2D eigenvalue weighted by Crippen LogP contribution is 2.30. The zero-order valence-corrected chi connectivity index (χ0v) is 22.3. The topological polar surface area (TPSA) is 99.0 Å². The predicted molar refractivity (Wildman–Crippen MR) is 150 cm³/mol. The van der Waals surface area contributed by atoms with Crippen molar-refractivity contribution < 1.29 is 19.7 Å². The number of rotatable bonds is 7. The van der Waals surface area contributed by atoms with Crippen molar-refractivity contribution >= 4 is 23.2 Å². The molecule has 2 heterocycles. The summed E-state index contributed by atoms with van der Waals surface area (Å²) in [5, 5.41) is 20.4. The van der Waals surface area contributed by atoms with Crippen molar-refractivity contribution in [2.75, 3.05) is 31.2 Å². The number of anilines is 1. The molecule has 8 nitrogen and oxygen atoms in total. The van der Waals surface area contributed by atoms with Crippen LogP contribution in [0.25, 0.3) is 11.3 Å². The van der Waals surface area contributed by atoms with Crippen molar-refractivity contribution in [2.45, 2.75) is 20.0 Å². The number of carbonyl (C=O) groups is 1. The first-order valence-electron chi connectivity index (χ1n) is 12.7. The second-order valence-corrected chi connectivity index (χ2v) is 9.86. The van der Waals surface area contributed by atoms with E-state index in [1.165, 1.54) is 18.2 Å². The standard InChI is InChI=1S/C30H29ClN4O4/c1-20-17-32-30(31)33-28(20)23-5-7-24(8-6-23)35(29(38)26-10-9-25(36)16-27(26)37)19-22-4-2-3-21(15-22)18-34-11-13-39-14-12-34/h2-10,15-17,36-37H,11-14,18-19H2,1H3. The van der Waals surface area contributed by atoms with Crippen molar-refractivity contribution in [1.82, 2.24) is 14.9 Å². The van der Waals surface area contributed by atoms with Gasteiger partial charge in [0.2, 0.25) is 5.28 Å². The van der Waals surface area contributed by atoms with Crippen LogP contribution in [0, 0.1) is 6.92 Å². The molecule has 39 heavy (non-hydrogen) atoms. The fourth-order valence-corrected chi connectivity index (χ4v) is 4.80. The Hall–Kier alpha value is -3.98. The molecule has 0 spiro atoms. The molecular formula is C30H29ClN4O4. The van der Waals surface area contributed by atoms with Crippen LogP contribution in [0.2, 0.25) is 5.28 Å². The molecule has 0 atom stereocenters. The minimum atomic E-state index is -0.389. The van der Waals surface area contributed by atoms with Gasteiger partial charge in [0, 0.05) is 43.1 Å². The number of benzene rings is 3. The summed E-state index contributed by atoms with van der Waals surface area (Å²) in [5.74, 6) is -0.788. The molecular weight excluding hydrogens is 516 g/mol. The van der Waals surface area contributed by atoms with E-state index in [1.807, 2.05) is 43.3 Å². The first-order chi connectivity index (χ1) is 18.9. The number of hydrogen-bond acceptors (Lipinski definition) is 7. The third-order valence-corrected chi connectivity index (χ3v) is 6.88. The number of aromatic nitrogens is 2. The van der Waals surface area contributed by atoms with Crippen molar-refractivity contribution in [1.29, 1.82) is 0 Å². The predicted octanol–water partition coefficient (Wildman–Crippen LogP) is 5.20. The summed E-state index contributed by atoms with van der Waals surface area (Å²) in [6.07, 6.45) is 1.67.